The molecule has 2 aliphatic heterocycles. The Morgan fingerprint density at radius 2 is 1.56 bits per heavy atom. The number of nitrogens with zero attached hydrogens (tertiary/aromatic N) is 1. The first-order chi connectivity index (χ1) is 12.4. The van der Waals surface area contributed by atoms with Crippen molar-refractivity contribution in [2.24, 2.45) is 5.92 Å². The van der Waals surface area contributed by atoms with E-state index in [1.807, 2.05) is 36.4 Å². The summed E-state index contributed by atoms with van der Waals surface area (Å²) in [6.07, 6.45) is 5.53. The lowest BCUT2D eigenvalue weighted by atomic mass is 9.75. The molecule has 3 atom stereocenters. The van der Waals surface area contributed by atoms with Crippen molar-refractivity contribution in [3.8, 4) is 0 Å². The number of benzene rings is 2. The molecule has 4 heteroatoms. The Bertz CT molecular complexity index is 765. The molecule has 0 aliphatic carbocycles. The SMILES string of the molecule is C[N+]1(C)C2CCC1CC(CC(O)(c1ccccc1)c1cccc(F)c1)C2.[I-]. The van der Waals surface area contributed by atoms with Gasteiger partial charge in [-0.25, -0.2) is 4.39 Å². The number of rotatable bonds is 4. The fraction of sp³-hybridized carbons (Fsp3) is 0.478. The first-order valence-corrected chi connectivity index (χ1v) is 9.77. The van der Waals surface area contributed by atoms with E-state index in [2.05, 4.69) is 14.1 Å². The first kappa shape index (κ1) is 20.7. The van der Waals surface area contributed by atoms with Crippen LogP contribution in [-0.4, -0.2) is 35.8 Å². The molecule has 2 aliphatic rings. The molecule has 2 heterocycles. The number of hydrogen-bond donors (Lipinski definition) is 1. The highest BCUT2D eigenvalue weighted by molar-refractivity contribution is 5.36. The van der Waals surface area contributed by atoms with Gasteiger partial charge >= 0.3 is 0 Å². The van der Waals surface area contributed by atoms with Gasteiger partial charge in [0.1, 0.15) is 11.4 Å². The Balaban J connectivity index is 0.00000210. The molecule has 2 aromatic rings. The second-order valence-electron chi connectivity index (χ2n) is 8.79. The molecule has 0 amide bonds. The summed E-state index contributed by atoms with van der Waals surface area (Å²) in [6, 6.07) is 17.6. The second kappa shape index (κ2) is 7.80. The molecule has 2 aromatic carbocycles. The van der Waals surface area contributed by atoms with Crippen LogP contribution in [0.25, 0.3) is 0 Å². The standard InChI is InChI=1S/C23H29FNO.HI/c1-25(2)21-11-12-22(25)14-17(13-21)16-23(26,18-7-4-3-5-8-18)19-9-6-10-20(24)15-19;/h3-10,15,17,21-22,26H,11-14,16H2,1-2H3;1H/q+1;/p-1. The maximum absolute atomic E-state index is 13.9. The van der Waals surface area contributed by atoms with Gasteiger partial charge < -0.3 is 33.6 Å². The van der Waals surface area contributed by atoms with E-state index in [9.17, 15) is 9.50 Å². The molecule has 0 spiro atoms. The van der Waals surface area contributed by atoms with Crippen molar-refractivity contribution in [2.45, 2.75) is 49.8 Å². The Morgan fingerprint density at radius 1 is 0.963 bits per heavy atom. The van der Waals surface area contributed by atoms with Crippen LogP contribution in [0.15, 0.2) is 54.6 Å². The van der Waals surface area contributed by atoms with Gasteiger partial charge in [0.05, 0.1) is 26.2 Å². The van der Waals surface area contributed by atoms with Crippen LogP contribution >= 0.6 is 0 Å². The largest absolute Gasteiger partial charge is 1.00 e. The smallest absolute Gasteiger partial charge is 0.123 e. The predicted octanol–water partition coefficient (Wildman–Crippen LogP) is 1.47. The average molecular weight is 481 g/mol. The van der Waals surface area contributed by atoms with Crippen molar-refractivity contribution in [3.05, 3.63) is 71.5 Å². The monoisotopic (exact) mass is 481 g/mol. The van der Waals surface area contributed by atoms with Gasteiger partial charge in [-0.15, -0.1) is 0 Å². The number of halogens is 2. The fourth-order valence-corrected chi connectivity index (χ4v) is 5.44. The molecule has 2 nitrogen and oxygen atoms in total. The van der Waals surface area contributed by atoms with Gasteiger partial charge in [0.25, 0.3) is 0 Å². The van der Waals surface area contributed by atoms with Crippen molar-refractivity contribution in [2.75, 3.05) is 14.1 Å². The van der Waals surface area contributed by atoms with Gasteiger partial charge in [-0.1, -0.05) is 42.5 Å². The van der Waals surface area contributed by atoms with Gasteiger partial charge in [-0.05, 0) is 35.6 Å². The summed E-state index contributed by atoms with van der Waals surface area (Å²) >= 11 is 0. The Kier molecular flexibility index (Phi) is 5.99. The lowest BCUT2D eigenvalue weighted by Crippen LogP contribution is -3.00. The van der Waals surface area contributed by atoms with Crippen molar-refractivity contribution in [1.82, 2.24) is 0 Å². The molecule has 0 aromatic heterocycles. The third-order valence-corrected chi connectivity index (χ3v) is 7.06. The fourth-order valence-electron chi connectivity index (χ4n) is 5.44. The van der Waals surface area contributed by atoms with E-state index in [-0.39, 0.29) is 29.8 Å². The maximum atomic E-state index is 13.9. The summed E-state index contributed by atoms with van der Waals surface area (Å²) in [5, 5.41) is 11.8. The van der Waals surface area contributed by atoms with Gasteiger partial charge in [0.2, 0.25) is 0 Å². The van der Waals surface area contributed by atoms with Crippen molar-refractivity contribution >= 4 is 0 Å². The highest BCUT2D eigenvalue weighted by atomic mass is 127. The van der Waals surface area contributed by atoms with E-state index in [1.165, 1.54) is 25.0 Å². The lowest BCUT2D eigenvalue weighted by Gasteiger charge is -2.46. The molecule has 146 valence electrons. The summed E-state index contributed by atoms with van der Waals surface area (Å²) < 4.78 is 15.0. The van der Waals surface area contributed by atoms with Crippen LogP contribution in [0.3, 0.4) is 0 Å². The van der Waals surface area contributed by atoms with E-state index in [0.29, 0.717) is 30.0 Å². The van der Waals surface area contributed by atoms with Crippen LogP contribution in [0.5, 0.6) is 0 Å². The van der Waals surface area contributed by atoms with E-state index >= 15 is 0 Å². The minimum atomic E-state index is -1.14. The zero-order valence-electron chi connectivity index (χ0n) is 16.1. The molecule has 0 radical (unpaired) electrons. The number of aliphatic hydroxyl groups is 1. The van der Waals surface area contributed by atoms with Crippen LogP contribution in [-0.2, 0) is 5.60 Å². The van der Waals surface area contributed by atoms with E-state index < -0.39 is 5.60 Å². The molecule has 3 unspecified atom stereocenters. The summed E-state index contributed by atoms with van der Waals surface area (Å²) in [5.41, 5.74) is 0.384. The third kappa shape index (κ3) is 3.81. The minimum Gasteiger partial charge on any atom is -1.00 e. The third-order valence-electron chi connectivity index (χ3n) is 7.06. The van der Waals surface area contributed by atoms with Gasteiger partial charge in [0, 0.05) is 25.7 Å². The number of quaternary nitrogens is 1. The Hall–Kier alpha value is -0.980. The molecule has 0 saturated carbocycles. The first-order valence-electron chi connectivity index (χ1n) is 9.77. The van der Waals surface area contributed by atoms with Gasteiger partial charge in [-0.2, -0.15) is 0 Å². The van der Waals surface area contributed by atoms with E-state index in [4.69, 9.17) is 0 Å². The summed E-state index contributed by atoms with van der Waals surface area (Å²) in [7, 11) is 4.71. The zero-order valence-corrected chi connectivity index (χ0v) is 18.3. The maximum Gasteiger partial charge on any atom is 0.123 e. The molecule has 1 N–H and O–H groups in total. The van der Waals surface area contributed by atoms with E-state index in [1.54, 1.807) is 6.07 Å². The summed E-state index contributed by atoms with van der Waals surface area (Å²) in [4.78, 5) is 0. The summed E-state index contributed by atoms with van der Waals surface area (Å²) in [5.74, 6) is 0.172. The number of piperidine rings is 1. The number of hydrogen-bond acceptors (Lipinski definition) is 1. The lowest BCUT2D eigenvalue weighted by molar-refractivity contribution is -0.931. The van der Waals surface area contributed by atoms with Crippen molar-refractivity contribution < 1.29 is 38.0 Å². The van der Waals surface area contributed by atoms with Crippen molar-refractivity contribution in [1.29, 1.82) is 0 Å². The molecular formula is C23H29FINO. The molecule has 27 heavy (non-hydrogen) atoms. The van der Waals surface area contributed by atoms with E-state index in [0.717, 1.165) is 22.9 Å². The number of fused-ring (bicyclic) bond motifs is 2. The Labute approximate surface area is 179 Å². The molecule has 2 fully saturated rings. The minimum absolute atomic E-state index is 0. The highest BCUT2D eigenvalue weighted by Crippen LogP contribution is 2.47. The van der Waals surface area contributed by atoms with Gasteiger partial charge in [0.15, 0.2) is 0 Å². The normalized spacial score (nSPS) is 28.2. The van der Waals surface area contributed by atoms with Crippen LogP contribution < -0.4 is 24.0 Å². The predicted molar refractivity (Wildman–Crippen MR) is 102 cm³/mol. The van der Waals surface area contributed by atoms with Crippen LogP contribution in [0.1, 0.15) is 43.2 Å². The quantitative estimate of drug-likeness (QED) is 0.519. The summed E-state index contributed by atoms with van der Waals surface area (Å²) in [6.45, 7) is 0. The van der Waals surface area contributed by atoms with Crippen LogP contribution in [0.2, 0.25) is 0 Å². The highest BCUT2D eigenvalue weighted by Gasteiger charge is 2.50. The van der Waals surface area contributed by atoms with Gasteiger partial charge in [-0.3, -0.25) is 0 Å². The molecule has 4 rings (SSSR count). The average Bonchev–Trinajstić information content (AvgIpc) is 2.79. The molecule has 2 bridgehead atoms. The zero-order chi connectivity index (χ0) is 18.4. The van der Waals surface area contributed by atoms with Crippen LogP contribution in [0.4, 0.5) is 4.39 Å². The van der Waals surface area contributed by atoms with Crippen molar-refractivity contribution in [3.63, 3.8) is 0 Å². The Morgan fingerprint density at radius 3 is 2.15 bits per heavy atom. The second-order valence-corrected chi connectivity index (χ2v) is 8.79. The molecular weight excluding hydrogens is 452 g/mol. The van der Waals surface area contributed by atoms with Crippen LogP contribution in [0, 0.1) is 11.7 Å². The molecule has 2 saturated heterocycles. The topological polar surface area (TPSA) is 20.2 Å².